The summed E-state index contributed by atoms with van der Waals surface area (Å²) >= 11 is 0. The third-order valence-corrected chi connectivity index (χ3v) is 1.95. The van der Waals surface area contributed by atoms with Gasteiger partial charge in [0.05, 0.1) is 0 Å². The van der Waals surface area contributed by atoms with Gasteiger partial charge in [-0.1, -0.05) is 18.2 Å². The number of benzene rings is 1. The van der Waals surface area contributed by atoms with Crippen LogP contribution in [0.2, 0.25) is 0 Å². The largest absolute Gasteiger partial charge is 0.368 e. The zero-order chi connectivity index (χ0) is 9.97. The second-order valence-corrected chi connectivity index (χ2v) is 2.93. The van der Waals surface area contributed by atoms with Gasteiger partial charge in [-0.3, -0.25) is 4.98 Å². The van der Waals surface area contributed by atoms with Gasteiger partial charge in [-0.15, -0.1) is 10.2 Å². The van der Waals surface area contributed by atoms with E-state index in [0.29, 0.717) is 11.9 Å². The number of nitrogens with one attached hydrogen (secondary N) is 1. The predicted molar refractivity (Wildman–Crippen MR) is 55.3 cm³/mol. The van der Waals surface area contributed by atoms with E-state index in [1.807, 2.05) is 42.3 Å². The number of rotatable bonds is 2. The minimum absolute atomic E-state index is 0.322. The van der Waals surface area contributed by atoms with E-state index in [0.717, 1.165) is 5.69 Å². The lowest BCUT2D eigenvalue weighted by atomic mass is 10.3. The molecule has 1 heterocycles. The number of aromatic amines is 1. The highest BCUT2D eigenvalue weighted by molar-refractivity contribution is 5.56. The summed E-state index contributed by atoms with van der Waals surface area (Å²) in [6.07, 6.45) is 0. The maximum atomic E-state index is 5.44. The average Bonchev–Trinajstić information content (AvgIpc) is 2.65. The Hall–Kier alpha value is -2.04. The number of nitrogen functional groups attached to an aromatic ring is 1. The summed E-state index contributed by atoms with van der Waals surface area (Å²) in [5, 5.41) is 7.58. The number of hydrogen-bond acceptors (Lipinski definition) is 4. The Kier molecular flexibility index (Phi) is 2.06. The summed E-state index contributed by atoms with van der Waals surface area (Å²) in [6.45, 7) is 0. The van der Waals surface area contributed by atoms with Gasteiger partial charge < -0.3 is 10.6 Å². The number of aromatic nitrogens is 3. The molecule has 0 unspecified atom stereocenters. The molecule has 0 saturated carbocycles. The lowest BCUT2D eigenvalue weighted by Crippen LogP contribution is -2.10. The summed E-state index contributed by atoms with van der Waals surface area (Å²) in [7, 11) is 1.90. The van der Waals surface area contributed by atoms with E-state index in [4.69, 9.17) is 5.73 Å². The second-order valence-electron chi connectivity index (χ2n) is 2.93. The molecule has 72 valence electrons. The Morgan fingerprint density at radius 3 is 2.50 bits per heavy atom. The summed E-state index contributed by atoms with van der Waals surface area (Å²) in [5.41, 5.74) is 6.47. The number of hydrogen-bond donors (Lipinski definition) is 2. The number of nitrogens with two attached hydrogens (primary N) is 1. The van der Waals surface area contributed by atoms with Crippen LogP contribution in [0.5, 0.6) is 0 Å². The van der Waals surface area contributed by atoms with Crippen molar-refractivity contribution in [3.63, 3.8) is 0 Å². The third kappa shape index (κ3) is 1.52. The number of nitrogens with zero attached hydrogens (tertiary/aromatic N) is 3. The average molecular weight is 189 g/mol. The molecule has 0 saturated heterocycles. The van der Waals surface area contributed by atoms with E-state index in [1.54, 1.807) is 0 Å². The Balaban J connectivity index is 2.29. The molecule has 0 atom stereocenters. The van der Waals surface area contributed by atoms with E-state index in [9.17, 15) is 0 Å². The van der Waals surface area contributed by atoms with Crippen LogP contribution in [0, 0.1) is 0 Å². The Morgan fingerprint density at radius 2 is 1.93 bits per heavy atom. The molecule has 1 aromatic heterocycles. The molecule has 0 bridgehead atoms. The van der Waals surface area contributed by atoms with E-state index >= 15 is 0 Å². The van der Waals surface area contributed by atoms with Crippen LogP contribution in [-0.4, -0.2) is 22.2 Å². The van der Waals surface area contributed by atoms with Crippen molar-refractivity contribution in [1.29, 1.82) is 0 Å². The van der Waals surface area contributed by atoms with E-state index in [1.165, 1.54) is 0 Å². The number of anilines is 3. The lowest BCUT2D eigenvalue weighted by Gasteiger charge is -2.14. The molecule has 5 nitrogen and oxygen atoms in total. The van der Waals surface area contributed by atoms with Gasteiger partial charge in [-0.05, 0) is 12.1 Å². The first-order valence-electron chi connectivity index (χ1n) is 4.24. The van der Waals surface area contributed by atoms with Crippen LogP contribution in [0.25, 0.3) is 0 Å². The molecule has 0 aliphatic carbocycles. The zero-order valence-electron chi connectivity index (χ0n) is 7.81. The number of para-hydroxylation sites is 1. The molecule has 14 heavy (non-hydrogen) atoms. The molecule has 1 aromatic carbocycles. The fourth-order valence-corrected chi connectivity index (χ4v) is 1.19. The SMILES string of the molecule is CN(c1ccccc1)c1nnc(N)[nH]1. The summed E-state index contributed by atoms with van der Waals surface area (Å²) in [6, 6.07) is 9.86. The van der Waals surface area contributed by atoms with Crippen LogP contribution in [0.3, 0.4) is 0 Å². The maximum Gasteiger partial charge on any atom is 0.230 e. The minimum atomic E-state index is 0.322. The van der Waals surface area contributed by atoms with Crippen LogP contribution in [-0.2, 0) is 0 Å². The normalized spacial score (nSPS) is 10.1. The highest BCUT2D eigenvalue weighted by Crippen LogP contribution is 2.18. The first-order chi connectivity index (χ1) is 6.77. The summed E-state index contributed by atoms with van der Waals surface area (Å²) in [5.74, 6) is 0.955. The first kappa shape index (κ1) is 8.55. The third-order valence-electron chi connectivity index (χ3n) is 1.95. The van der Waals surface area contributed by atoms with E-state index in [-0.39, 0.29) is 0 Å². The molecule has 0 spiro atoms. The van der Waals surface area contributed by atoms with Crippen molar-refractivity contribution < 1.29 is 0 Å². The van der Waals surface area contributed by atoms with Gasteiger partial charge in [0.25, 0.3) is 0 Å². The second kappa shape index (κ2) is 3.37. The Labute approximate surface area is 81.6 Å². The van der Waals surface area contributed by atoms with Crippen LogP contribution in [0.4, 0.5) is 17.6 Å². The maximum absolute atomic E-state index is 5.44. The standard InChI is InChI=1S/C9H11N5/c1-14(7-5-3-2-4-6-7)9-11-8(10)12-13-9/h2-6H,1H3,(H3,10,11,12,13). The topological polar surface area (TPSA) is 70.8 Å². The van der Waals surface area contributed by atoms with Crippen LogP contribution in [0.1, 0.15) is 0 Å². The molecule has 0 radical (unpaired) electrons. The highest BCUT2D eigenvalue weighted by atomic mass is 15.4. The minimum Gasteiger partial charge on any atom is -0.368 e. The monoisotopic (exact) mass is 189 g/mol. The van der Waals surface area contributed by atoms with Crippen LogP contribution < -0.4 is 10.6 Å². The van der Waals surface area contributed by atoms with E-state index < -0.39 is 0 Å². The first-order valence-corrected chi connectivity index (χ1v) is 4.24. The van der Waals surface area contributed by atoms with Gasteiger partial charge >= 0.3 is 0 Å². The van der Waals surface area contributed by atoms with Gasteiger partial charge in [0.1, 0.15) is 0 Å². The molecular weight excluding hydrogens is 178 g/mol. The van der Waals surface area contributed by atoms with E-state index in [2.05, 4.69) is 15.2 Å². The van der Waals surface area contributed by atoms with Gasteiger partial charge in [0, 0.05) is 12.7 Å². The summed E-state index contributed by atoms with van der Waals surface area (Å²) < 4.78 is 0. The molecule has 3 N–H and O–H groups in total. The zero-order valence-corrected chi connectivity index (χ0v) is 7.81. The lowest BCUT2D eigenvalue weighted by molar-refractivity contribution is 1.04. The molecule has 2 aromatic rings. The Bertz CT molecular complexity index is 408. The fourth-order valence-electron chi connectivity index (χ4n) is 1.19. The van der Waals surface area contributed by atoms with Crippen molar-refractivity contribution in [2.75, 3.05) is 17.7 Å². The van der Waals surface area contributed by atoms with Crippen molar-refractivity contribution in [3.8, 4) is 0 Å². The molecule has 0 amide bonds. The summed E-state index contributed by atoms with van der Waals surface area (Å²) in [4.78, 5) is 4.73. The van der Waals surface area contributed by atoms with Crippen molar-refractivity contribution in [3.05, 3.63) is 30.3 Å². The quantitative estimate of drug-likeness (QED) is 0.743. The number of H-pyrrole nitrogens is 1. The molecule has 5 heteroatoms. The van der Waals surface area contributed by atoms with Crippen molar-refractivity contribution in [1.82, 2.24) is 15.2 Å². The van der Waals surface area contributed by atoms with Gasteiger partial charge in [0.15, 0.2) is 0 Å². The molecule has 2 rings (SSSR count). The Morgan fingerprint density at radius 1 is 1.21 bits per heavy atom. The van der Waals surface area contributed by atoms with Gasteiger partial charge in [-0.2, -0.15) is 0 Å². The molecule has 0 fully saturated rings. The van der Waals surface area contributed by atoms with Crippen molar-refractivity contribution in [2.45, 2.75) is 0 Å². The smallest absolute Gasteiger partial charge is 0.230 e. The molecular formula is C9H11N5. The van der Waals surface area contributed by atoms with Crippen LogP contribution in [0.15, 0.2) is 30.3 Å². The van der Waals surface area contributed by atoms with Crippen molar-refractivity contribution >= 4 is 17.6 Å². The highest BCUT2D eigenvalue weighted by Gasteiger charge is 2.06. The molecule has 0 aliphatic heterocycles. The van der Waals surface area contributed by atoms with Crippen LogP contribution >= 0.6 is 0 Å². The predicted octanol–water partition coefficient (Wildman–Crippen LogP) is 1.15. The van der Waals surface area contributed by atoms with Crippen molar-refractivity contribution in [2.24, 2.45) is 0 Å². The molecule has 0 aliphatic rings. The fraction of sp³-hybridized carbons (Fsp3) is 0.111. The van der Waals surface area contributed by atoms with Gasteiger partial charge in [0.2, 0.25) is 11.9 Å². The van der Waals surface area contributed by atoms with Gasteiger partial charge in [-0.25, -0.2) is 0 Å².